The van der Waals surface area contributed by atoms with Crippen LogP contribution in [0.4, 0.5) is 48.3 Å². The first kappa shape index (κ1) is 20.7. The monoisotopic (exact) mass is 411 g/mol. The molecule has 0 aliphatic carbocycles. The molecule has 0 radical (unpaired) electrons. The molecule has 27 heavy (non-hydrogen) atoms. The van der Waals surface area contributed by atoms with Gasteiger partial charge in [-0.1, -0.05) is 0 Å². The third kappa shape index (κ3) is 4.06. The second-order valence-corrected chi connectivity index (χ2v) is 5.10. The van der Waals surface area contributed by atoms with Crippen molar-refractivity contribution in [3.63, 3.8) is 0 Å². The number of benzene rings is 1. The zero-order valence-electron chi connectivity index (χ0n) is 12.3. The fourth-order valence-corrected chi connectivity index (χ4v) is 2.07. The highest BCUT2D eigenvalue weighted by atomic mass is 19.4. The maximum Gasteiger partial charge on any atom is 0.421 e. The van der Waals surface area contributed by atoms with Crippen molar-refractivity contribution >= 4 is 0 Å². The second-order valence-electron chi connectivity index (χ2n) is 5.10. The summed E-state index contributed by atoms with van der Waals surface area (Å²) in [7, 11) is 0. The number of pyridine rings is 1. The van der Waals surface area contributed by atoms with Gasteiger partial charge >= 0.3 is 18.5 Å². The number of hydrogen-bond donors (Lipinski definition) is 0. The van der Waals surface area contributed by atoms with Crippen LogP contribution in [0.2, 0.25) is 0 Å². The van der Waals surface area contributed by atoms with Crippen molar-refractivity contribution < 1.29 is 48.3 Å². The SMILES string of the molecule is O=c1c(C(F)(F)F)cc(C(F)(F)F)cn1-c1c(F)cc(C(F)(F)F)cc1F. The molecule has 2 nitrogen and oxygen atoms in total. The number of halogens is 11. The van der Waals surface area contributed by atoms with Crippen LogP contribution in [0, 0.1) is 11.6 Å². The van der Waals surface area contributed by atoms with Crippen molar-refractivity contribution in [3.05, 3.63) is 63.1 Å². The van der Waals surface area contributed by atoms with Gasteiger partial charge in [-0.15, -0.1) is 0 Å². The molecule has 2 aromatic rings. The van der Waals surface area contributed by atoms with Crippen LogP contribution < -0.4 is 5.56 Å². The van der Waals surface area contributed by atoms with Crippen molar-refractivity contribution in [1.82, 2.24) is 4.57 Å². The molecule has 0 amide bonds. The zero-order chi connectivity index (χ0) is 20.9. The molecule has 148 valence electrons. The molecule has 0 aliphatic rings. The maximum atomic E-state index is 13.9. The van der Waals surface area contributed by atoms with E-state index in [0.29, 0.717) is 0 Å². The summed E-state index contributed by atoms with van der Waals surface area (Å²) in [4.78, 5) is 11.8. The van der Waals surface area contributed by atoms with E-state index in [9.17, 15) is 53.1 Å². The third-order valence-electron chi connectivity index (χ3n) is 3.24. The molecular weight excluding hydrogens is 407 g/mol. The molecule has 0 saturated heterocycles. The van der Waals surface area contributed by atoms with Gasteiger partial charge in [-0.05, 0) is 18.2 Å². The predicted octanol–water partition coefficient (Wildman–Crippen LogP) is 5.17. The first-order chi connectivity index (χ1) is 12.0. The number of alkyl halides is 9. The van der Waals surface area contributed by atoms with E-state index in [2.05, 4.69) is 0 Å². The summed E-state index contributed by atoms with van der Waals surface area (Å²) in [6.45, 7) is 0. The molecule has 0 fully saturated rings. The van der Waals surface area contributed by atoms with Gasteiger partial charge in [-0.2, -0.15) is 39.5 Å². The Morgan fingerprint density at radius 1 is 0.667 bits per heavy atom. The molecule has 0 bridgehead atoms. The van der Waals surface area contributed by atoms with Gasteiger partial charge in [0.15, 0.2) is 11.6 Å². The standard InChI is InChI=1S/C14H4F11NO/c15-8-2-5(12(17,18)19)3-9(16)10(8)26-4-6(13(20,21)22)1-7(11(26)27)14(23,24)25/h1-4H. The average Bonchev–Trinajstić information content (AvgIpc) is 2.44. The van der Waals surface area contributed by atoms with Crippen molar-refractivity contribution in [2.45, 2.75) is 18.5 Å². The molecule has 1 aromatic carbocycles. The molecule has 1 aromatic heterocycles. The fraction of sp³-hybridized carbons (Fsp3) is 0.214. The Balaban J connectivity index is 2.89. The second kappa shape index (κ2) is 6.23. The molecular formula is C14H4F11NO. The van der Waals surface area contributed by atoms with Gasteiger partial charge in [0, 0.05) is 6.20 Å². The fourth-order valence-electron chi connectivity index (χ4n) is 2.07. The minimum atomic E-state index is -5.63. The van der Waals surface area contributed by atoms with Crippen LogP contribution >= 0.6 is 0 Å². The molecule has 0 saturated carbocycles. The Bertz CT molecular complexity index is 911. The van der Waals surface area contributed by atoms with Gasteiger partial charge in [-0.25, -0.2) is 8.78 Å². The van der Waals surface area contributed by atoms with Gasteiger partial charge < -0.3 is 0 Å². The first-order valence-corrected chi connectivity index (χ1v) is 6.51. The molecule has 1 heterocycles. The lowest BCUT2D eigenvalue weighted by Crippen LogP contribution is -2.30. The Kier molecular flexibility index (Phi) is 4.78. The Labute approximate surface area is 141 Å². The Morgan fingerprint density at radius 2 is 1.11 bits per heavy atom. The summed E-state index contributed by atoms with van der Waals surface area (Å²) in [5, 5.41) is 0. The Hall–Kier alpha value is -2.60. The van der Waals surface area contributed by atoms with Crippen molar-refractivity contribution in [3.8, 4) is 5.69 Å². The van der Waals surface area contributed by atoms with Crippen LogP contribution in [-0.4, -0.2) is 4.57 Å². The van der Waals surface area contributed by atoms with Gasteiger partial charge in [-0.3, -0.25) is 9.36 Å². The summed E-state index contributed by atoms with van der Waals surface area (Å²) < 4.78 is 141. The number of aromatic nitrogens is 1. The Morgan fingerprint density at radius 3 is 1.48 bits per heavy atom. The summed E-state index contributed by atoms with van der Waals surface area (Å²) in [6.07, 6.45) is -16.7. The van der Waals surface area contributed by atoms with Crippen LogP contribution in [-0.2, 0) is 18.5 Å². The van der Waals surface area contributed by atoms with Crippen molar-refractivity contribution in [2.75, 3.05) is 0 Å². The largest absolute Gasteiger partial charge is 0.421 e. The topological polar surface area (TPSA) is 22.0 Å². The lowest BCUT2D eigenvalue weighted by atomic mass is 10.1. The van der Waals surface area contributed by atoms with Gasteiger partial charge in [0.1, 0.15) is 11.3 Å². The highest BCUT2D eigenvalue weighted by molar-refractivity contribution is 5.41. The van der Waals surface area contributed by atoms with E-state index in [4.69, 9.17) is 0 Å². The summed E-state index contributed by atoms with van der Waals surface area (Å²) >= 11 is 0. The van der Waals surface area contributed by atoms with E-state index in [-0.39, 0.29) is 18.3 Å². The minimum Gasteiger partial charge on any atom is -0.277 e. The minimum absolute atomic E-state index is 0.341. The molecule has 0 N–H and O–H groups in total. The maximum absolute atomic E-state index is 13.9. The zero-order valence-corrected chi connectivity index (χ0v) is 12.3. The predicted molar refractivity (Wildman–Crippen MR) is 67.0 cm³/mol. The molecule has 0 aliphatic heterocycles. The van der Waals surface area contributed by atoms with Gasteiger partial charge in [0.05, 0.1) is 11.1 Å². The van der Waals surface area contributed by atoms with Crippen LogP contribution in [0.1, 0.15) is 16.7 Å². The van der Waals surface area contributed by atoms with E-state index in [1.54, 1.807) is 0 Å². The van der Waals surface area contributed by atoms with Crippen LogP contribution in [0.5, 0.6) is 0 Å². The van der Waals surface area contributed by atoms with Crippen LogP contribution in [0.25, 0.3) is 5.69 Å². The normalized spacial score (nSPS) is 13.1. The number of rotatable bonds is 1. The van der Waals surface area contributed by atoms with Crippen LogP contribution in [0.15, 0.2) is 29.2 Å². The lowest BCUT2D eigenvalue weighted by Gasteiger charge is -2.17. The molecule has 2 rings (SSSR count). The summed E-state index contributed by atoms with van der Waals surface area (Å²) in [5.74, 6) is -4.37. The lowest BCUT2D eigenvalue weighted by molar-refractivity contribution is -0.144. The van der Waals surface area contributed by atoms with Crippen molar-refractivity contribution in [2.24, 2.45) is 0 Å². The first-order valence-electron chi connectivity index (χ1n) is 6.51. The number of hydrogen-bond acceptors (Lipinski definition) is 1. The van der Waals surface area contributed by atoms with E-state index in [0.717, 1.165) is 0 Å². The summed E-state index contributed by atoms with van der Waals surface area (Å²) in [5.41, 5.74) is -10.5. The highest BCUT2D eigenvalue weighted by Crippen LogP contribution is 2.36. The summed E-state index contributed by atoms with van der Waals surface area (Å²) in [6, 6.07) is -1.30. The van der Waals surface area contributed by atoms with Gasteiger partial charge in [0.25, 0.3) is 5.56 Å². The third-order valence-corrected chi connectivity index (χ3v) is 3.24. The average molecular weight is 411 g/mol. The molecule has 0 spiro atoms. The quantitative estimate of drug-likeness (QED) is 0.594. The smallest absolute Gasteiger partial charge is 0.277 e. The van der Waals surface area contributed by atoms with E-state index >= 15 is 0 Å². The number of nitrogens with zero attached hydrogens (tertiary/aromatic N) is 1. The van der Waals surface area contributed by atoms with E-state index in [1.807, 2.05) is 0 Å². The molecule has 0 unspecified atom stereocenters. The molecule has 0 atom stereocenters. The van der Waals surface area contributed by atoms with Crippen LogP contribution in [0.3, 0.4) is 0 Å². The van der Waals surface area contributed by atoms with E-state index < -0.39 is 68.7 Å². The highest BCUT2D eigenvalue weighted by Gasteiger charge is 2.40. The van der Waals surface area contributed by atoms with Crippen molar-refractivity contribution in [1.29, 1.82) is 0 Å². The van der Waals surface area contributed by atoms with Gasteiger partial charge in [0.2, 0.25) is 0 Å². The molecule has 13 heteroatoms. The van der Waals surface area contributed by atoms with E-state index in [1.165, 1.54) is 0 Å².